The summed E-state index contributed by atoms with van der Waals surface area (Å²) in [4.78, 5) is 18.4. The molecule has 0 saturated heterocycles. The molecule has 0 unspecified atom stereocenters. The van der Waals surface area contributed by atoms with Crippen LogP contribution in [-0.4, -0.2) is 35.8 Å². The topological polar surface area (TPSA) is 104 Å². The smallest absolute Gasteiger partial charge is 0.364 e. The highest BCUT2D eigenvalue weighted by Crippen LogP contribution is 2.23. The van der Waals surface area contributed by atoms with E-state index < -0.39 is 4.92 Å². The normalized spacial score (nSPS) is 10.7. The van der Waals surface area contributed by atoms with Gasteiger partial charge in [0.2, 0.25) is 11.6 Å². The number of aryl methyl sites for hydroxylation is 2. The van der Waals surface area contributed by atoms with Crippen molar-refractivity contribution >= 4 is 11.6 Å². The molecule has 9 heteroatoms. The number of hydrogen-bond donors (Lipinski definition) is 1. The first kappa shape index (κ1) is 13.0. The van der Waals surface area contributed by atoms with Crippen LogP contribution in [0.2, 0.25) is 0 Å². The highest BCUT2D eigenvalue weighted by molar-refractivity contribution is 5.53. The molecule has 102 valence electrons. The standard InChI is InChI=1S/C10H15N7O2/c1-7-13-10(17(18)19)9(16(7)3)11-5-4-8-12-6-15(2)14-8/h6,11H,4-5H2,1-3H3. The Hall–Kier alpha value is -2.45. The minimum absolute atomic E-state index is 0.158. The van der Waals surface area contributed by atoms with Crippen LogP contribution in [0, 0.1) is 17.0 Å². The second-order valence-corrected chi connectivity index (χ2v) is 4.16. The molecule has 0 aliphatic rings. The predicted octanol–water partition coefficient (Wildman–Crippen LogP) is 0.420. The van der Waals surface area contributed by atoms with Gasteiger partial charge in [-0.05, 0) is 9.91 Å². The zero-order valence-electron chi connectivity index (χ0n) is 11.0. The third-order valence-corrected chi connectivity index (χ3v) is 2.76. The van der Waals surface area contributed by atoms with E-state index in [4.69, 9.17) is 0 Å². The molecular formula is C10H15N7O2. The molecule has 2 aromatic heterocycles. The van der Waals surface area contributed by atoms with Crippen molar-refractivity contribution in [2.24, 2.45) is 14.1 Å². The SMILES string of the molecule is Cc1nc([N+](=O)[O-])c(NCCc2ncn(C)n2)n1C. The number of hydrogen-bond acceptors (Lipinski definition) is 6. The number of nitro groups is 1. The lowest BCUT2D eigenvalue weighted by molar-refractivity contribution is -0.388. The minimum atomic E-state index is -0.492. The summed E-state index contributed by atoms with van der Waals surface area (Å²) in [6.45, 7) is 2.22. The van der Waals surface area contributed by atoms with Gasteiger partial charge in [0.1, 0.15) is 6.33 Å². The second-order valence-electron chi connectivity index (χ2n) is 4.16. The van der Waals surface area contributed by atoms with E-state index in [9.17, 15) is 10.1 Å². The molecule has 0 radical (unpaired) electrons. The Morgan fingerprint density at radius 2 is 2.21 bits per heavy atom. The van der Waals surface area contributed by atoms with Crippen LogP contribution in [0.4, 0.5) is 11.6 Å². The summed E-state index contributed by atoms with van der Waals surface area (Å²) in [5.41, 5.74) is 0. The van der Waals surface area contributed by atoms with Gasteiger partial charge >= 0.3 is 5.82 Å². The first-order valence-corrected chi connectivity index (χ1v) is 5.75. The zero-order valence-corrected chi connectivity index (χ0v) is 11.0. The highest BCUT2D eigenvalue weighted by Gasteiger charge is 2.23. The van der Waals surface area contributed by atoms with Crippen molar-refractivity contribution in [2.75, 3.05) is 11.9 Å². The quantitative estimate of drug-likeness (QED) is 0.620. The highest BCUT2D eigenvalue weighted by atomic mass is 16.6. The fourth-order valence-electron chi connectivity index (χ4n) is 1.71. The lowest BCUT2D eigenvalue weighted by Crippen LogP contribution is -2.11. The van der Waals surface area contributed by atoms with Crippen LogP contribution < -0.4 is 5.32 Å². The molecule has 1 N–H and O–H groups in total. The summed E-state index contributed by atoms with van der Waals surface area (Å²) in [7, 11) is 3.52. The largest absolute Gasteiger partial charge is 0.406 e. The molecule has 2 heterocycles. The van der Waals surface area contributed by atoms with Gasteiger partial charge in [-0.15, -0.1) is 0 Å². The van der Waals surface area contributed by atoms with Crippen molar-refractivity contribution in [1.82, 2.24) is 24.3 Å². The van der Waals surface area contributed by atoms with Crippen LogP contribution in [0.3, 0.4) is 0 Å². The van der Waals surface area contributed by atoms with Crippen LogP contribution in [0.1, 0.15) is 11.6 Å². The van der Waals surface area contributed by atoms with Gasteiger partial charge in [0.05, 0.1) is 0 Å². The monoisotopic (exact) mass is 265 g/mol. The van der Waals surface area contributed by atoms with Gasteiger partial charge in [0.15, 0.2) is 5.82 Å². The van der Waals surface area contributed by atoms with Crippen molar-refractivity contribution in [3.05, 3.63) is 28.1 Å². The zero-order chi connectivity index (χ0) is 14.0. The molecule has 0 aliphatic heterocycles. The van der Waals surface area contributed by atoms with E-state index in [1.54, 1.807) is 36.6 Å². The average Bonchev–Trinajstić information content (AvgIpc) is 2.87. The molecule has 9 nitrogen and oxygen atoms in total. The Balaban J connectivity index is 2.05. The van der Waals surface area contributed by atoms with Crippen LogP contribution in [0.5, 0.6) is 0 Å². The third kappa shape index (κ3) is 2.69. The molecule has 0 aliphatic carbocycles. The Labute approximate surface area is 109 Å². The molecule has 0 amide bonds. The third-order valence-electron chi connectivity index (χ3n) is 2.76. The lowest BCUT2D eigenvalue weighted by atomic mass is 10.4. The number of aromatic nitrogens is 5. The van der Waals surface area contributed by atoms with Gasteiger partial charge in [-0.2, -0.15) is 5.10 Å². The minimum Gasteiger partial charge on any atom is -0.364 e. The van der Waals surface area contributed by atoms with E-state index in [0.717, 1.165) is 0 Å². The molecular weight excluding hydrogens is 250 g/mol. The van der Waals surface area contributed by atoms with E-state index in [-0.39, 0.29) is 5.82 Å². The second kappa shape index (κ2) is 5.04. The summed E-state index contributed by atoms with van der Waals surface area (Å²) >= 11 is 0. The number of nitrogens with one attached hydrogen (secondary N) is 1. The van der Waals surface area contributed by atoms with E-state index in [0.29, 0.717) is 30.4 Å². The molecule has 0 spiro atoms. The predicted molar refractivity (Wildman–Crippen MR) is 67.8 cm³/mol. The van der Waals surface area contributed by atoms with Crippen molar-refractivity contribution < 1.29 is 4.92 Å². The van der Waals surface area contributed by atoms with Crippen molar-refractivity contribution in [2.45, 2.75) is 13.3 Å². The Kier molecular flexibility index (Phi) is 3.45. The van der Waals surface area contributed by atoms with Crippen LogP contribution in [-0.2, 0) is 20.5 Å². The molecule has 0 atom stereocenters. The van der Waals surface area contributed by atoms with Gasteiger partial charge in [-0.1, -0.05) is 0 Å². The van der Waals surface area contributed by atoms with Crippen LogP contribution in [0.25, 0.3) is 0 Å². The molecule has 2 rings (SSSR count). The van der Waals surface area contributed by atoms with Crippen LogP contribution >= 0.6 is 0 Å². The summed E-state index contributed by atoms with van der Waals surface area (Å²) in [6.07, 6.45) is 2.20. The first-order chi connectivity index (χ1) is 8.99. The number of imidazole rings is 1. The van der Waals surface area contributed by atoms with Crippen LogP contribution in [0.15, 0.2) is 6.33 Å². The number of anilines is 1. The van der Waals surface area contributed by atoms with E-state index in [1.165, 1.54) is 0 Å². The number of nitrogens with zero attached hydrogens (tertiary/aromatic N) is 6. The van der Waals surface area contributed by atoms with Gasteiger partial charge in [-0.25, -0.2) is 4.98 Å². The van der Waals surface area contributed by atoms with Gasteiger partial charge < -0.3 is 15.4 Å². The lowest BCUT2D eigenvalue weighted by Gasteiger charge is -2.05. The molecule has 0 fully saturated rings. The fraction of sp³-hybridized carbons (Fsp3) is 0.500. The average molecular weight is 265 g/mol. The summed E-state index contributed by atoms with van der Waals surface area (Å²) in [5, 5.41) is 18.0. The van der Waals surface area contributed by atoms with E-state index >= 15 is 0 Å². The Morgan fingerprint density at radius 3 is 2.79 bits per heavy atom. The molecule has 19 heavy (non-hydrogen) atoms. The van der Waals surface area contributed by atoms with Crippen molar-refractivity contribution in [3.8, 4) is 0 Å². The fourth-order valence-corrected chi connectivity index (χ4v) is 1.71. The van der Waals surface area contributed by atoms with E-state index in [2.05, 4.69) is 20.4 Å². The van der Waals surface area contributed by atoms with Gasteiger partial charge in [0.25, 0.3) is 0 Å². The summed E-state index contributed by atoms with van der Waals surface area (Å²) in [5.74, 6) is 1.52. The Morgan fingerprint density at radius 1 is 1.47 bits per heavy atom. The molecule has 2 aromatic rings. The molecule has 0 bridgehead atoms. The molecule has 0 saturated carbocycles. The van der Waals surface area contributed by atoms with Gasteiger partial charge in [-0.3, -0.25) is 9.25 Å². The first-order valence-electron chi connectivity index (χ1n) is 5.75. The maximum absolute atomic E-state index is 10.9. The van der Waals surface area contributed by atoms with E-state index in [1.807, 2.05) is 0 Å². The summed E-state index contributed by atoms with van der Waals surface area (Å²) in [6, 6.07) is 0. The van der Waals surface area contributed by atoms with Crippen molar-refractivity contribution in [1.29, 1.82) is 0 Å². The van der Waals surface area contributed by atoms with Crippen molar-refractivity contribution in [3.63, 3.8) is 0 Å². The maximum Gasteiger partial charge on any atom is 0.406 e. The van der Waals surface area contributed by atoms with Gasteiger partial charge in [0, 0.05) is 34.0 Å². The summed E-state index contributed by atoms with van der Waals surface area (Å²) < 4.78 is 3.27. The Bertz CT molecular complexity index is 601. The maximum atomic E-state index is 10.9. The molecule has 0 aromatic carbocycles. The number of rotatable bonds is 5.